The smallest absolute Gasteiger partial charge is 0.149 e. The molecule has 2 rings (SSSR count). The fourth-order valence-corrected chi connectivity index (χ4v) is 3.00. The summed E-state index contributed by atoms with van der Waals surface area (Å²) in [7, 11) is 0. The Morgan fingerprint density at radius 1 is 1.24 bits per heavy atom. The lowest BCUT2D eigenvalue weighted by Crippen LogP contribution is -2.31. The van der Waals surface area contributed by atoms with Crippen molar-refractivity contribution >= 4 is 17.0 Å². The van der Waals surface area contributed by atoms with Gasteiger partial charge in [-0.2, -0.15) is 0 Å². The summed E-state index contributed by atoms with van der Waals surface area (Å²) in [5.74, 6) is -1.05. The maximum Gasteiger partial charge on any atom is 0.149 e. The van der Waals surface area contributed by atoms with Gasteiger partial charge in [0.05, 0.1) is 6.54 Å². The molecule has 2 aromatic rings. The highest BCUT2D eigenvalue weighted by atomic mass is 32.1. The summed E-state index contributed by atoms with van der Waals surface area (Å²) in [6, 6.07) is 6.68. The molecule has 114 valence electrons. The molecule has 21 heavy (non-hydrogen) atoms. The van der Waals surface area contributed by atoms with E-state index in [-0.39, 0.29) is 11.7 Å². The lowest BCUT2D eigenvalue weighted by molar-refractivity contribution is 0.552. The molecular formula is C16H20F2N2S. The summed E-state index contributed by atoms with van der Waals surface area (Å²) in [5.41, 5.74) is 6.08. The number of benzene rings is 1. The van der Waals surface area contributed by atoms with Crippen LogP contribution in [0.4, 0.5) is 14.5 Å². The van der Waals surface area contributed by atoms with Crippen molar-refractivity contribution < 1.29 is 8.78 Å². The molecule has 0 fully saturated rings. The summed E-state index contributed by atoms with van der Waals surface area (Å²) in [6.07, 6.45) is 0.473. The quantitative estimate of drug-likeness (QED) is 0.875. The van der Waals surface area contributed by atoms with E-state index in [0.717, 1.165) is 4.88 Å². The second kappa shape index (κ2) is 7.00. The van der Waals surface area contributed by atoms with Gasteiger partial charge in [0.2, 0.25) is 0 Å². The predicted molar refractivity (Wildman–Crippen MR) is 84.8 cm³/mol. The van der Waals surface area contributed by atoms with Crippen LogP contribution in [0.5, 0.6) is 0 Å². The van der Waals surface area contributed by atoms with E-state index in [1.165, 1.54) is 12.1 Å². The van der Waals surface area contributed by atoms with Gasteiger partial charge < -0.3 is 10.6 Å². The van der Waals surface area contributed by atoms with Crippen molar-refractivity contribution in [2.24, 2.45) is 5.73 Å². The minimum absolute atomic E-state index is 0.00328. The standard InChI is InChI=1S/C16H20F2N2S/c1-11(2)20(10-13-4-3-7-21-13)16-14(17)8-12(5-6-19)9-15(16)18/h3-4,7-9,11H,5-6,10,19H2,1-2H3. The van der Waals surface area contributed by atoms with Crippen LogP contribution in [0.1, 0.15) is 24.3 Å². The maximum atomic E-state index is 14.4. The molecule has 0 bridgehead atoms. The molecule has 0 aliphatic carbocycles. The molecule has 1 heterocycles. The van der Waals surface area contributed by atoms with E-state index in [0.29, 0.717) is 25.1 Å². The molecule has 0 saturated carbocycles. The van der Waals surface area contributed by atoms with E-state index in [1.54, 1.807) is 16.2 Å². The Bertz CT molecular complexity index is 559. The molecule has 5 heteroatoms. The average molecular weight is 310 g/mol. The highest BCUT2D eigenvalue weighted by Crippen LogP contribution is 2.29. The largest absolute Gasteiger partial charge is 0.359 e. The van der Waals surface area contributed by atoms with Gasteiger partial charge in [-0.05, 0) is 56.0 Å². The van der Waals surface area contributed by atoms with E-state index < -0.39 is 11.6 Å². The molecule has 0 saturated heterocycles. The number of hydrogen-bond donors (Lipinski definition) is 1. The first-order chi connectivity index (χ1) is 10.0. The molecule has 0 amide bonds. The molecule has 0 atom stereocenters. The van der Waals surface area contributed by atoms with Gasteiger partial charge in [0.25, 0.3) is 0 Å². The average Bonchev–Trinajstić information content (AvgIpc) is 2.90. The lowest BCUT2D eigenvalue weighted by Gasteiger charge is -2.29. The van der Waals surface area contributed by atoms with E-state index in [1.807, 2.05) is 31.4 Å². The van der Waals surface area contributed by atoms with Crippen LogP contribution in [-0.2, 0) is 13.0 Å². The van der Waals surface area contributed by atoms with Crippen LogP contribution in [0, 0.1) is 11.6 Å². The van der Waals surface area contributed by atoms with Gasteiger partial charge in [-0.3, -0.25) is 0 Å². The Hall–Kier alpha value is -1.46. The number of halogens is 2. The van der Waals surface area contributed by atoms with Crippen molar-refractivity contribution in [3.05, 3.63) is 51.7 Å². The topological polar surface area (TPSA) is 29.3 Å². The molecule has 1 aromatic heterocycles. The van der Waals surface area contributed by atoms with Crippen molar-refractivity contribution in [1.82, 2.24) is 0 Å². The van der Waals surface area contributed by atoms with Crippen molar-refractivity contribution in [3.63, 3.8) is 0 Å². The zero-order chi connectivity index (χ0) is 15.4. The number of rotatable bonds is 6. The lowest BCUT2D eigenvalue weighted by atomic mass is 10.1. The molecule has 0 radical (unpaired) electrons. The Kier molecular flexibility index (Phi) is 5.31. The van der Waals surface area contributed by atoms with E-state index in [9.17, 15) is 8.78 Å². The Labute approximate surface area is 128 Å². The Morgan fingerprint density at radius 2 is 1.90 bits per heavy atom. The number of thiophene rings is 1. The highest BCUT2D eigenvalue weighted by molar-refractivity contribution is 7.09. The fraction of sp³-hybridized carbons (Fsp3) is 0.375. The normalized spacial score (nSPS) is 11.1. The third kappa shape index (κ3) is 3.80. The minimum Gasteiger partial charge on any atom is -0.359 e. The van der Waals surface area contributed by atoms with Crippen LogP contribution in [0.15, 0.2) is 29.6 Å². The molecule has 0 aliphatic heterocycles. The van der Waals surface area contributed by atoms with Crippen molar-refractivity contribution in [2.45, 2.75) is 32.9 Å². The number of nitrogens with zero attached hydrogens (tertiary/aromatic N) is 1. The van der Waals surface area contributed by atoms with Crippen molar-refractivity contribution in [3.8, 4) is 0 Å². The molecule has 0 aliphatic rings. The third-order valence-electron chi connectivity index (χ3n) is 3.33. The fourth-order valence-electron chi connectivity index (χ4n) is 2.29. The monoisotopic (exact) mass is 310 g/mol. The summed E-state index contributed by atoms with van der Waals surface area (Å²) >= 11 is 1.58. The summed E-state index contributed by atoms with van der Waals surface area (Å²) < 4.78 is 28.7. The van der Waals surface area contributed by atoms with E-state index >= 15 is 0 Å². The van der Waals surface area contributed by atoms with Gasteiger partial charge in [-0.25, -0.2) is 8.78 Å². The SMILES string of the molecule is CC(C)N(Cc1cccs1)c1c(F)cc(CCN)cc1F. The van der Waals surface area contributed by atoms with Crippen LogP contribution in [-0.4, -0.2) is 12.6 Å². The Morgan fingerprint density at radius 3 is 2.38 bits per heavy atom. The number of anilines is 1. The molecular weight excluding hydrogens is 290 g/mol. The first-order valence-corrected chi connectivity index (χ1v) is 7.88. The molecule has 2 nitrogen and oxygen atoms in total. The first kappa shape index (κ1) is 15.9. The molecule has 0 spiro atoms. The van der Waals surface area contributed by atoms with Gasteiger partial charge in [0, 0.05) is 10.9 Å². The number of hydrogen-bond acceptors (Lipinski definition) is 3. The van der Waals surface area contributed by atoms with Gasteiger partial charge in [0.1, 0.15) is 17.3 Å². The van der Waals surface area contributed by atoms with Gasteiger partial charge in [-0.1, -0.05) is 6.07 Å². The summed E-state index contributed by atoms with van der Waals surface area (Å²) in [6.45, 7) is 4.74. The van der Waals surface area contributed by atoms with Crippen molar-refractivity contribution in [2.75, 3.05) is 11.4 Å². The second-order valence-corrected chi connectivity index (χ2v) is 6.28. The van der Waals surface area contributed by atoms with Crippen LogP contribution < -0.4 is 10.6 Å². The number of nitrogens with two attached hydrogens (primary N) is 1. The maximum absolute atomic E-state index is 14.4. The van der Waals surface area contributed by atoms with E-state index in [2.05, 4.69) is 0 Å². The minimum atomic E-state index is -0.524. The molecule has 1 aromatic carbocycles. The zero-order valence-electron chi connectivity index (χ0n) is 12.3. The Balaban J connectivity index is 2.36. The van der Waals surface area contributed by atoms with Gasteiger partial charge in [0.15, 0.2) is 0 Å². The first-order valence-electron chi connectivity index (χ1n) is 7.00. The van der Waals surface area contributed by atoms with Crippen LogP contribution in [0.2, 0.25) is 0 Å². The summed E-state index contributed by atoms with van der Waals surface area (Å²) in [5, 5.41) is 1.96. The molecule has 0 unspecified atom stereocenters. The van der Waals surface area contributed by atoms with Crippen LogP contribution in [0.3, 0.4) is 0 Å². The second-order valence-electron chi connectivity index (χ2n) is 5.25. The predicted octanol–water partition coefficient (Wildman–Crippen LogP) is 3.94. The summed E-state index contributed by atoms with van der Waals surface area (Å²) in [4.78, 5) is 2.83. The third-order valence-corrected chi connectivity index (χ3v) is 4.19. The van der Waals surface area contributed by atoms with E-state index in [4.69, 9.17) is 5.73 Å². The van der Waals surface area contributed by atoms with Crippen molar-refractivity contribution in [1.29, 1.82) is 0 Å². The van der Waals surface area contributed by atoms with Gasteiger partial charge >= 0.3 is 0 Å². The highest BCUT2D eigenvalue weighted by Gasteiger charge is 2.21. The van der Waals surface area contributed by atoms with Gasteiger partial charge in [-0.15, -0.1) is 11.3 Å². The van der Waals surface area contributed by atoms with Crippen LogP contribution in [0.25, 0.3) is 0 Å². The molecule has 2 N–H and O–H groups in total. The van der Waals surface area contributed by atoms with Crippen LogP contribution >= 0.6 is 11.3 Å². The zero-order valence-corrected chi connectivity index (χ0v) is 13.1.